The first-order valence-electron chi connectivity index (χ1n) is 12.7. The SMILES string of the molecule is COc1cccc2[nH]c(C(=O)N3C[C@@H]4CCC[C@@H]4[C@H]3C(=O)N[C@H](CO)C[C@@H]3CCCNC3=O)cc12. The Morgan fingerprint density at radius 1 is 1.26 bits per heavy atom. The van der Waals surface area contributed by atoms with Crippen molar-refractivity contribution in [3.63, 3.8) is 0 Å². The van der Waals surface area contributed by atoms with Gasteiger partial charge in [-0.15, -0.1) is 0 Å². The monoisotopic (exact) mass is 482 g/mol. The summed E-state index contributed by atoms with van der Waals surface area (Å²) in [4.78, 5) is 44.3. The lowest BCUT2D eigenvalue weighted by Gasteiger charge is -2.30. The molecule has 1 aromatic carbocycles. The second-order valence-electron chi connectivity index (χ2n) is 10.1. The zero-order valence-electron chi connectivity index (χ0n) is 20.1. The van der Waals surface area contributed by atoms with Crippen LogP contribution in [-0.4, -0.2) is 71.6 Å². The first kappa shape index (κ1) is 23.7. The number of carbonyl (C=O) groups excluding carboxylic acids is 3. The molecule has 1 aromatic heterocycles. The maximum Gasteiger partial charge on any atom is 0.271 e. The smallest absolute Gasteiger partial charge is 0.271 e. The summed E-state index contributed by atoms with van der Waals surface area (Å²) in [6, 6.07) is 6.29. The molecule has 3 heterocycles. The van der Waals surface area contributed by atoms with Gasteiger partial charge in [0.2, 0.25) is 11.8 Å². The van der Waals surface area contributed by atoms with Gasteiger partial charge in [0.05, 0.1) is 19.8 Å². The fraction of sp³-hybridized carbons (Fsp3) is 0.577. The average Bonchev–Trinajstić information content (AvgIpc) is 3.58. The summed E-state index contributed by atoms with van der Waals surface area (Å²) in [5, 5.41) is 16.6. The molecule has 188 valence electrons. The number of H-pyrrole nitrogens is 1. The molecule has 2 saturated heterocycles. The van der Waals surface area contributed by atoms with Gasteiger partial charge in [0.15, 0.2) is 0 Å². The zero-order chi connectivity index (χ0) is 24.5. The van der Waals surface area contributed by atoms with Gasteiger partial charge in [0, 0.05) is 29.9 Å². The summed E-state index contributed by atoms with van der Waals surface area (Å²) in [6.45, 7) is 0.975. The van der Waals surface area contributed by atoms with E-state index in [1.807, 2.05) is 18.2 Å². The van der Waals surface area contributed by atoms with Gasteiger partial charge >= 0.3 is 0 Å². The second-order valence-corrected chi connectivity index (χ2v) is 10.1. The zero-order valence-corrected chi connectivity index (χ0v) is 20.1. The van der Waals surface area contributed by atoms with E-state index in [1.54, 1.807) is 18.1 Å². The molecular weight excluding hydrogens is 448 g/mol. The lowest BCUT2D eigenvalue weighted by molar-refractivity contribution is -0.130. The van der Waals surface area contributed by atoms with Crippen molar-refractivity contribution in [2.24, 2.45) is 17.8 Å². The van der Waals surface area contributed by atoms with Crippen LogP contribution in [-0.2, 0) is 9.59 Å². The van der Waals surface area contributed by atoms with E-state index >= 15 is 0 Å². The number of nitrogens with one attached hydrogen (secondary N) is 3. The Balaban J connectivity index is 1.35. The third-order valence-corrected chi connectivity index (χ3v) is 8.03. The number of fused-ring (bicyclic) bond motifs is 2. The van der Waals surface area contributed by atoms with Crippen LogP contribution < -0.4 is 15.4 Å². The van der Waals surface area contributed by atoms with Crippen molar-refractivity contribution in [3.8, 4) is 5.75 Å². The van der Waals surface area contributed by atoms with Crippen LogP contribution in [0.15, 0.2) is 24.3 Å². The third-order valence-electron chi connectivity index (χ3n) is 8.03. The summed E-state index contributed by atoms with van der Waals surface area (Å²) < 4.78 is 5.43. The predicted octanol–water partition coefficient (Wildman–Crippen LogP) is 1.81. The molecule has 5 atom stereocenters. The minimum atomic E-state index is -0.586. The van der Waals surface area contributed by atoms with Gasteiger partial charge in [-0.1, -0.05) is 12.5 Å². The minimum Gasteiger partial charge on any atom is -0.496 e. The van der Waals surface area contributed by atoms with Crippen molar-refractivity contribution in [3.05, 3.63) is 30.0 Å². The number of likely N-dealkylation sites (tertiary alicyclic amines) is 1. The van der Waals surface area contributed by atoms with Gasteiger partial charge in [-0.2, -0.15) is 0 Å². The van der Waals surface area contributed by atoms with E-state index in [0.29, 0.717) is 36.9 Å². The highest BCUT2D eigenvalue weighted by atomic mass is 16.5. The molecule has 35 heavy (non-hydrogen) atoms. The third kappa shape index (κ3) is 4.49. The van der Waals surface area contributed by atoms with Crippen LogP contribution in [0.2, 0.25) is 0 Å². The van der Waals surface area contributed by atoms with Gasteiger partial charge in [0.1, 0.15) is 17.5 Å². The minimum absolute atomic E-state index is 0.0216. The molecule has 0 spiro atoms. The first-order valence-corrected chi connectivity index (χ1v) is 12.7. The molecule has 1 saturated carbocycles. The molecule has 2 aromatic rings. The highest BCUT2D eigenvalue weighted by molar-refractivity contribution is 6.02. The molecule has 9 nitrogen and oxygen atoms in total. The van der Waals surface area contributed by atoms with E-state index in [4.69, 9.17) is 4.74 Å². The Morgan fingerprint density at radius 2 is 2.11 bits per heavy atom. The number of aromatic amines is 1. The average molecular weight is 483 g/mol. The molecule has 9 heteroatoms. The lowest BCUT2D eigenvalue weighted by atomic mass is 9.90. The predicted molar refractivity (Wildman–Crippen MR) is 130 cm³/mol. The molecular formula is C26H34N4O5. The first-order chi connectivity index (χ1) is 17.0. The van der Waals surface area contributed by atoms with Gasteiger partial charge in [-0.3, -0.25) is 14.4 Å². The van der Waals surface area contributed by atoms with Gasteiger partial charge in [0.25, 0.3) is 5.91 Å². The van der Waals surface area contributed by atoms with Gasteiger partial charge < -0.3 is 30.4 Å². The maximum absolute atomic E-state index is 13.6. The number of ether oxygens (including phenoxy) is 1. The number of benzene rings is 1. The quantitative estimate of drug-likeness (QED) is 0.479. The van der Waals surface area contributed by atoms with Crippen LogP contribution in [0.4, 0.5) is 0 Å². The molecule has 0 radical (unpaired) electrons. The lowest BCUT2D eigenvalue weighted by Crippen LogP contribution is -2.52. The summed E-state index contributed by atoms with van der Waals surface area (Å²) in [7, 11) is 1.60. The number of hydrogen-bond donors (Lipinski definition) is 4. The van der Waals surface area contributed by atoms with Crippen LogP contribution in [0.3, 0.4) is 0 Å². The van der Waals surface area contributed by atoms with Crippen molar-refractivity contribution in [1.29, 1.82) is 0 Å². The van der Waals surface area contributed by atoms with Crippen molar-refractivity contribution in [1.82, 2.24) is 20.5 Å². The Morgan fingerprint density at radius 3 is 2.89 bits per heavy atom. The van der Waals surface area contributed by atoms with E-state index in [9.17, 15) is 19.5 Å². The summed E-state index contributed by atoms with van der Waals surface area (Å²) in [6.07, 6.45) is 5.00. The number of carbonyl (C=O) groups is 3. The van der Waals surface area contributed by atoms with E-state index in [0.717, 1.165) is 43.0 Å². The number of piperidine rings is 1. The van der Waals surface area contributed by atoms with Crippen molar-refractivity contribution >= 4 is 28.6 Å². The summed E-state index contributed by atoms with van der Waals surface area (Å²) >= 11 is 0. The standard InChI is InChI=1S/C26H34N4O5/c1-35-22-9-3-8-20-19(22)12-21(29-20)26(34)30-13-16-5-2-7-18(16)23(30)25(33)28-17(14-31)11-15-6-4-10-27-24(15)32/h3,8-9,12,15-18,23,29,31H,2,4-7,10-11,13-14H2,1H3,(H,27,32)(H,28,33)/t15-,16-,17-,18-,23-/m0/s1. The molecule has 3 amide bonds. The Kier molecular flexibility index (Phi) is 6.69. The van der Waals surface area contributed by atoms with E-state index in [-0.39, 0.29) is 36.2 Å². The Bertz CT molecular complexity index is 1110. The molecule has 3 fully saturated rings. The van der Waals surface area contributed by atoms with Crippen molar-refractivity contribution in [2.75, 3.05) is 26.8 Å². The van der Waals surface area contributed by atoms with Gasteiger partial charge in [-0.05, 0) is 62.1 Å². The molecule has 4 N–H and O–H groups in total. The van der Waals surface area contributed by atoms with E-state index in [1.165, 1.54) is 0 Å². The number of amides is 3. The molecule has 0 bridgehead atoms. The van der Waals surface area contributed by atoms with Crippen LogP contribution in [0.1, 0.15) is 49.0 Å². The highest BCUT2D eigenvalue weighted by Crippen LogP contribution is 2.43. The summed E-state index contributed by atoms with van der Waals surface area (Å²) in [5.41, 5.74) is 1.24. The fourth-order valence-electron chi connectivity index (χ4n) is 6.30. The van der Waals surface area contributed by atoms with Gasteiger partial charge in [-0.25, -0.2) is 0 Å². The van der Waals surface area contributed by atoms with Crippen LogP contribution in [0.5, 0.6) is 5.75 Å². The maximum atomic E-state index is 13.6. The highest BCUT2D eigenvalue weighted by Gasteiger charge is 2.50. The van der Waals surface area contributed by atoms with Crippen LogP contribution >= 0.6 is 0 Å². The van der Waals surface area contributed by atoms with Crippen molar-refractivity contribution < 1.29 is 24.2 Å². The Labute approximate surface area is 204 Å². The molecule has 3 aliphatic rings. The molecule has 0 unspecified atom stereocenters. The number of aliphatic hydroxyl groups is 1. The summed E-state index contributed by atoms with van der Waals surface area (Å²) in [5.74, 6) is 0.403. The number of aromatic nitrogens is 1. The number of rotatable bonds is 7. The van der Waals surface area contributed by atoms with Crippen molar-refractivity contribution in [2.45, 2.75) is 50.6 Å². The van der Waals surface area contributed by atoms with Crippen LogP contribution in [0, 0.1) is 17.8 Å². The number of methoxy groups -OCH3 is 1. The molecule has 1 aliphatic carbocycles. The largest absolute Gasteiger partial charge is 0.496 e. The number of aliphatic hydroxyl groups excluding tert-OH is 1. The molecule has 2 aliphatic heterocycles. The second kappa shape index (κ2) is 9.89. The normalized spacial score (nSPS) is 26.9. The molecule has 5 rings (SSSR count). The van der Waals surface area contributed by atoms with E-state index < -0.39 is 12.1 Å². The number of hydrogen-bond acceptors (Lipinski definition) is 5. The van der Waals surface area contributed by atoms with E-state index in [2.05, 4.69) is 15.6 Å². The van der Waals surface area contributed by atoms with Crippen LogP contribution in [0.25, 0.3) is 10.9 Å². The fourth-order valence-corrected chi connectivity index (χ4v) is 6.30. The Hall–Kier alpha value is -3.07. The topological polar surface area (TPSA) is 124 Å². The number of nitrogens with zero attached hydrogens (tertiary/aromatic N) is 1.